The van der Waals surface area contributed by atoms with Crippen molar-refractivity contribution in [3.8, 4) is 67.8 Å². The Bertz CT molecular complexity index is 5880. The Morgan fingerprint density at radius 3 is 0.839 bits per heavy atom. The van der Waals surface area contributed by atoms with Gasteiger partial charge in [-0.1, -0.05) is 166 Å². The molecule has 0 N–H and O–H groups in total. The topological polar surface area (TPSA) is 58.6 Å². The SMILES string of the molecule is Cc1ccc2c(c1)c1cc(C)ccc1n2-c1c(-c2cc(-c3ccccc3)nc(-c3ccccc3)c2)c(-c2nc3ccccc3o2)c(-n2c3ccc(C)cc3c3cc(C)ccc32)c(-n2c3ccc(C)cc3c3cc(C)ccc32)c1-n1c2ccc(C)cc2c2cc(C)ccc21. The van der Waals surface area contributed by atoms with Gasteiger partial charge in [-0.05, 0) is 182 Å². The van der Waals surface area contributed by atoms with Crippen molar-refractivity contribution in [2.24, 2.45) is 0 Å². The highest BCUT2D eigenvalue weighted by Crippen LogP contribution is 2.56. The molecule has 0 saturated heterocycles. The van der Waals surface area contributed by atoms with E-state index in [1.807, 2.05) is 6.07 Å². The largest absolute Gasteiger partial charge is 0.436 e. The van der Waals surface area contributed by atoms with E-state index in [2.05, 4.69) is 310 Å². The number of rotatable bonds is 8. The van der Waals surface area contributed by atoms with Crippen molar-refractivity contribution in [1.82, 2.24) is 28.2 Å². The van der Waals surface area contributed by atoms with Crippen molar-refractivity contribution in [2.75, 3.05) is 0 Å². The summed E-state index contributed by atoms with van der Waals surface area (Å²) in [4.78, 5) is 11.5. The first-order chi connectivity index (χ1) is 45.4. The van der Waals surface area contributed by atoms with Gasteiger partial charge in [0.1, 0.15) is 5.52 Å². The Labute approximate surface area is 538 Å². The molecule has 0 aliphatic heterocycles. The van der Waals surface area contributed by atoms with Crippen molar-refractivity contribution in [1.29, 1.82) is 0 Å². The molecule has 0 unspecified atom stereocenters. The molecule has 7 nitrogen and oxygen atoms in total. The molecule has 444 valence electrons. The monoisotopic (exact) mass is 1200 g/mol. The Morgan fingerprint density at radius 2 is 0.527 bits per heavy atom. The molecule has 7 heteroatoms. The fourth-order valence-corrected chi connectivity index (χ4v) is 15.2. The third-order valence-corrected chi connectivity index (χ3v) is 19.4. The molecule has 0 spiro atoms. The van der Waals surface area contributed by atoms with E-state index in [4.69, 9.17) is 14.4 Å². The molecule has 0 bridgehead atoms. The van der Waals surface area contributed by atoms with E-state index in [1.165, 1.54) is 66.1 Å². The van der Waals surface area contributed by atoms with Crippen molar-refractivity contribution >= 4 is 98.3 Å². The van der Waals surface area contributed by atoms with Crippen LogP contribution in [-0.4, -0.2) is 28.2 Å². The highest BCUT2D eigenvalue weighted by Gasteiger charge is 2.38. The van der Waals surface area contributed by atoms with Gasteiger partial charge in [0.2, 0.25) is 5.89 Å². The second kappa shape index (κ2) is 20.5. The highest BCUT2D eigenvalue weighted by atomic mass is 16.3. The average molecular weight is 1200 g/mol. The fraction of sp³-hybridized carbons (Fsp3) is 0.0930. The van der Waals surface area contributed by atoms with Crippen LogP contribution in [0.4, 0.5) is 0 Å². The molecule has 0 amide bonds. The van der Waals surface area contributed by atoms with Crippen LogP contribution in [0.2, 0.25) is 0 Å². The van der Waals surface area contributed by atoms with E-state index in [0.717, 1.165) is 133 Å². The number of pyridine rings is 1. The lowest BCUT2D eigenvalue weighted by Gasteiger charge is -2.30. The van der Waals surface area contributed by atoms with E-state index in [1.54, 1.807) is 0 Å². The Balaban J connectivity index is 1.24. The first-order valence-electron chi connectivity index (χ1n) is 32.2. The molecular weight excluding hydrogens is 1130 g/mol. The molecule has 18 aromatic rings. The van der Waals surface area contributed by atoms with Crippen molar-refractivity contribution in [3.05, 3.63) is 287 Å². The van der Waals surface area contributed by atoms with Gasteiger partial charge in [0.25, 0.3) is 0 Å². The van der Waals surface area contributed by atoms with Gasteiger partial charge in [0.05, 0.1) is 83.8 Å². The smallest absolute Gasteiger partial charge is 0.230 e. The molecule has 0 aliphatic rings. The third kappa shape index (κ3) is 8.36. The molecule has 0 saturated carbocycles. The number of aryl methyl sites for hydroxylation is 8. The molecule has 12 aromatic carbocycles. The number of hydrogen-bond acceptors (Lipinski definition) is 3. The van der Waals surface area contributed by atoms with Gasteiger partial charge in [-0.3, -0.25) is 0 Å². The lowest BCUT2D eigenvalue weighted by atomic mass is 9.90. The highest BCUT2D eigenvalue weighted by molar-refractivity contribution is 6.19. The molecule has 6 heterocycles. The summed E-state index contributed by atoms with van der Waals surface area (Å²) < 4.78 is 18.0. The minimum absolute atomic E-state index is 0.484. The molecule has 0 fully saturated rings. The molecule has 0 aliphatic carbocycles. The quantitative estimate of drug-likeness (QED) is 0.152. The van der Waals surface area contributed by atoms with Crippen molar-refractivity contribution in [2.45, 2.75) is 55.4 Å². The lowest BCUT2D eigenvalue weighted by Crippen LogP contribution is -2.16. The van der Waals surface area contributed by atoms with Crippen LogP contribution < -0.4 is 0 Å². The summed E-state index contributed by atoms with van der Waals surface area (Å²) in [5, 5.41) is 9.30. The average Bonchev–Trinajstić information content (AvgIpc) is 1.54. The summed E-state index contributed by atoms with van der Waals surface area (Å²) in [7, 11) is 0. The maximum Gasteiger partial charge on any atom is 0.230 e. The number of benzene rings is 12. The van der Waals surface area contributed by atoms with Crippen molar-refractivity contribution in [3.63, 3.8) is 0 Å². The summed E-state index contributed by atoms with van der Waals surface area (Å²) in [6, 6.07) is 90.3. The minimum atomic E-state index is 0.484. The first kappa shape index (κ1) is 54.4. The predicted octanol–water partition coefficient (Wildman–Crippen LogP) is 22.7. The first-order valence-corrected chi connectivity index (χ1v) is 32.2. The number of fused-ring (bicyclic) bond motifs is 13. The van der Waals surface area contributed by atoms with Crippen LogP contribution in [0.1, 0.15) is 44.5 Å². The lowest BCUT2D eigenvalue weighted by molar-refractivity contribution is 0.619. The van der Waals surface area contributed by atoms with Crippen LogP contribution >= 0.6 is 0 Å². The second-order valence-electron chi connectivity index (χ2n) is 26.0. The van der Waals surface area contributed by atoms with Crippen LogP contribution in [0.25, 0.3) is 166 Å². The van der Waals surface area contributed by atoms with Gasteiger partial charge in [-0.2, -0.15) is 0 Å². The molecule has 93 heavy (non-hydrogen) atoms. The summed E-state index contributed by atoms with van der Waals surface area (Å²) in [6.45, 7) is 17.7. The summed E-state index contributed by atoms with van der Waals surface area (Å²) in [5.41, 5.74) is 29.6. The molecule has 18 rings (SSSR count). The predicted molar refractivity (Wildman–Crippen MR) is 389 cm³/mol. The van der Waals surface area contributed by atoms with E-state index in [0.29, 0.717) is 11.5 Å². The van der Waals surface area contributed by atoms with Gasteiger partial charge in [0, 0.05) is 59.8 Å². The Morgan fingerprint density at radius 1 is 0.247 bits per heavy atom. The minimum Gasteiger partial charge on any atom is -0.436 e. The van der Waals surface area contributed by atoms with Crippen LogP contribution in [0, 0.1) is 55.4 Å². The zero-order valence-corrected chi connectivity index (χ0v) is 53.2. The summed E-state index contributed by atoms with van der Waals surface area (Å²) >= 11 is 0. The van der Waals surface area contributed by atoms with E-state index >= 15 is 0 Å². The maximum absolute atomic E-state index is 7.64. The van der Waals surface area contributed by atoms with Gasteiger partial charge >= 0.3 is 0 Å². The number of para-hydroxylation sites is 2. The number of aromatic nitrogens is 6. The van der Waals surface area contributed by atoms with Crippen LogP contribution in [0.15, 0.2) is 247 Å². The number of oxazole rings is 1. The normalized spacial score (nSPS) is 12.1. The number of nitrogens with zero attached hydrogens (tertiary/aromatic N) is 6. The second-order valence-corrected chi connectivity index (χ2v) is 26.0. The van der Waals surface area contributed by atoms with Crippen LogP contribution in [0.3, 0.4) is 0 Å². The van der Waals surface area contributed by atoms with E-state index < -0.39 is 0 Å². The van der Waals surface area contributed by atoms with Gasteiger partial charge in [-0.25, -0.2) is 9.97 Å². The van der Waals surface area contributed by atoms with Crippen molar-refractivity contribution < 1.29 is 4.42 Å². The maximum atomic E-state index is 7.64. The zero-order chi connectivity index (χ0) is 62.7. The Hall–Kier alpha value is -11.5. The van der Waals surface area contributed by atoms with Gasteiger partial charge in [0.15, 0.2) is 5.58 Å². The fourth-order valence-electron chi connectivity index (χ4n) is 15.2. The number of hydrogen-bond donors (Lipinski definition) is 0. The Kier molecular flexibility index (Phi) is 12.0. The van der Waals surface area contributed by atoms with E-state index in [9.17, 15) is 0 Å². The van der Waals surface area contributed by atoms with Gasteiger partial charge < -0.3 is 22.7 Å². The molecular formula is C86H64N6O. The molecule has 6 aromatic heterocycles. The molecule has 0 radical (unpaired) electrons. The van der Waals surface area contributed by atoms with Gasteiger partial charge in [-0.15, -0.1) is 0 Å². The molecule has 0 atom stereocenters. The van der Waals surface area contributed by atoms with E-state index in [-0.39, 0.29) is 0 Å². The third-order valence-electron chi connectivity index (χ3n) is 19.4. The summed E-state index contributed by atoms with van der Waals surface area (Å²) in [6.07, 6.45) is 0. The zero-order valence-electron chi connectivity index (χ0n) is 53.2. The van der Waals surface area contributed by atoms with Crippen LogP contribution in [-0.2, 0) is 0 Å². The summed E-state index contributed by atoms with van der Waals surface area (Å²) in [5.74, 6) is 0.484. The van der Waals surface area contributed by atoms with Crippen LogP contribution in [0.5, 0.6) is 0 Å². The standard InChI is InChI=1S/C86H64N6O/c1-49-23-31-71-60(39-49)61-40-50(2)24-32-72(61)89(71)82-80(59-47-69(57-17-11-9-12-18-57)87-70(48-59)58-19-13-10-14-20-58)81(86-88-68-21-15-16-22-79(68)93-86)83(90-73-33-25-51(3)41-62(73)63-42-52(4)26-34-74(63)90)85(92-77-37-29-55(7)45-66(77)67-46-56(8)30-38-78(67)92)84(82)91-75-35-27-53(5)43-64(75)65-44-54(6)28-36-76(65)91/h9-48H,1-8H3.